The van der Waals surface area contributed by atoms with E-state index in [1.165, 1.54) is 17.0 Å². The van der Waals surface area contributed by atoms with Crippen molar-refractivity contribution in [3.05, 3.63) is 64.4 Å². The fourth-order valence-corrected chi connectivity index (χ4v) is 6.80. The molecular weight excluding hydrogens is 541 g/mol. The number of morpholine rings is 1. The standard InChI is InChI=1S/C31H42FN5O5/c1-20-15-37(41,26(14-35(20)30(39)40)13-34-21(2)17-42-18-22(34)3)16-28(38)36-19-31(4,5)29-27(36)11-24(12-33-29)10-23-6-8-25(32)9-7-23/h6-9,11-12,20-22,26H,10,13-19H2,1-5H3,(H,39,40)/t20-,21-,22-,26+,37?/m1/s1. The van der Waals surface area contributed by atoms with E-state index in [9.17, 15) is 24.3 Å². The van der Waals surface area contributed by atoms with Gasteiger partial charge in [-0.2, -0.15) is 0 Å². The number of quaternary nitrogens is 1. The molecule has 0 aliphatic carbocycles. The van der Waals surface area contributed by atoms with Gasteiger partial charge in [0.05, 0.1) is 50.3 Å². The van der Waals surface area contributed by atoms with Gasteiger partial charge < -0.3 is 24.6 Å². The fraction of sp³-hybridized carbons (Fsp3) is 0.581. The number of rotatable bonds is 6. The topological polar surface area (TPSA) is 109 Å². The number of fused-ring (bicyclic) bond motifs is 1. The minimum Gasteiger partial charge on any atom is -0.632 e. The molecule has 2 aromatic rings. The molecule has 1 unspecified atom stereocenters. The summed E-state index contributed by atoms with van der Waals surface area (Å²) in [5.74, 6) is -0.588. The fourth-order valence-electron chi connectivity index (χ4n) is 6.80. The van der Waals surface area contributed by atoms with Crippen molar-refractivity contribution in [3.63, 3.8) is 0 Å². The number of ether oxygens (including phenoxy) is 1. The molecule has 1 N–H and O–H groups in total. The van der Waals surface area contributed by atoms with Crippen molar-refractivity contribution in [1.82, 2.24) is 14.8 Å². The van der Waals surface area contributed by atoms with Crippen LogP contribution < -0.4 is 4.90 Å². The number of pyridine rings is 1. The van der Waals surface area contributed by atoms with Crippen LogP contribution in [0, 0.1) is 11.0 Å². The molecule has 4 heterocycles. The monoisotopic (exact) mass is 583 g/mol. The molecule has 0 radical (unpaired) electrons. The van der Waals surface area contributed by atoms with Crippen LogP contribution in [0.25, 0.3) is 0 Å². The van der Waals surface area contributed by atoms with Gasteiger partial charge in [-0.25, -0.2) is 9.18 Å². The number of halogens is 1. The first-order valence-corrected chi connectivity index (χ1v) is 14.7. The zero-order valence-corrected chi connectivity index (χ0v) is 25.1. The lowest BCUT2D eigenvalue weighted by Gasteiger charge is -2.57. The van der Waals surface area contributed by atoms with Gasteiger partial charge in [-0.3, -0.25) is 19.6 Å². The third-order valence-electron chi connectivity index (χ3n) is 9.13. The first kappa shape index (κ1) is 30.3. The van der Waals surface area contributed by atoms with Gasteiger partial charge >= 0.3 is 6.09 Å². The summed E-state index contributed by atoms with van der Waals surface area (Å²) in [6, 6.07) is 7.27. The van der Waals surface area contributed by atoms with Gasteiger partial charge in [-0.15, -0.1) is 0 Å². The third kappa shape index (κ3) is 6.01. The number of hydrogen-bond acceptors (Lipinski definition) is 6. The lowest BCUT2D eigenvalue weighted by atomic mass is 9.91. The average Bonchev–Trinajstić information content (AvgIpc) is 3.18. The largest absolute Gasteiger partial charge is 0.632 e. The number of carboxylic acid groups (broad SMARTS) is 1. The summed E-state index contributed by atoms with van der Waals surface area (Å²) in [6.07, 6.45) is 1.28. The van der Waals surface area contributed by atoms with Crippen LogP contribution in [0.3, 0.4) is 0 Å². The Morgan fingerprint density at radius 2 is 1.79 bits per heavy atom. The average molecular weight is 584 g/mol. The van der Waals surface area contributed by atoms with E-state index >= 15 is 0 Å². The Kier molecular flexibility index (Phi) is 8.32. The molecule has 0 bridgehead atoms. The third-order valence-corrected chi connectivity index (χ3v) is 9.13. The van der Waals surface area contributed by atoms with Crippen LogP contribution >= 0.6 is 0 Å². The van der Waals surface area contributed by atoms with E-state index in [1.807, 2.05) is 33.8 Å². The predicted octanol–water partition coefficient (Wildman–Crippen LogP) is 3.61. The van der Waals surface area contributed by atoms with E-state index in [4.69, 9.17) is 9.72 Å². The molecule has 228 valence electrons. The first-order chi connectivity index (χ1) is 19.8. The summed E-state index contributed by atoms with van der Waals surface area (Å²) >= 11 is 0. The van der Waals surface area contributed by atoms with Crippen molar-refractivity contribution in [2.45, 2.75) is 70.6 Å². The van der Waals surface area contributed by atoms with E-state index in [1.54, 1.807) is 30.2 Å². The highest BCUT2D eigenvalue weighted by Gasteiger charge is 2.47. The number of anilines is 1. The smallest absolute Gasteiger partial charge is 0.407 e. The Hall–Kier alpha value is -3.12. The SMILES string of the molecule is C[C@@H]1C[N+]([O-])(CC(=O)N2CC(C)(C)c3ncc(Cc4ccc(F)cc4)cc32)[C@@H](CN2[C@H](C)COC[C@H]2C)CN1C(=O)O. The number of hydrogen-bond donors (Lipinski definition) is 1. The highest BCUT2D eigenvalue weighted by molar-refractivity contribution is 5.96. The lowest BCUT2D eigenvalue weighted by molar-refractivity contribution is -0.904. The quantitative estimate of drug-likeness (QED) is 0.409. The van der Waals surface area contributed by atoms with Crippen LogP contribution in [-0.4, -0.2) is 107 Å². The molecule has 5 rings (SSSR count). The van der Waals surface area contributed by atoms with E-state index in [2.05, 4.69) is 4.90 Å². The summed E-state index contributed by atoms with van der Waals surface area (Å²) in [5, 5.41) is 24.5. The molecule has 3 aliphatic rings. The summed E-state index contributed by atoms with van der Waals surface area (Å²) in [6.45, 7) is 11.5. The van der Waals surface area contributed by atoms with E-state index < -0.39 is 28.2 Å². The zero-order chi connectivity index (χ0) is 30.4. The lowest BCUT2D eigenvalue weighted by Crippen LogP contribution is -2.71. The summed E-state index contributed by atoms with van der Waals surface area (Å²) in [5.41, 5.74) is 2.91. The molecule has 0 saturated carbocycles. The highest BCUT2D eigenvalue weighted by atomic mass is 19.1. The van der Waals surface area contributed by atoms with Gasteiger partial charge in [-0.1, -0.05) is 26.0 Å². The molecule has 1 aromatic carbocycles. The first-order valence-electron chi connectivity index (χ1n) is 14.7. The summed E-state index contributed by atoms with van der Waals surface area (Å²) in [7, 11) is 0. The Labute approximate surface area is 246 Å². The molecule has 5 atom stereocenters. The molecule has 3 aliphatic heterocycles. The molecule has 2 amide bonds. The zero-order valence-electron chi connectivity index (χ0n) is 25.1. The number of amides is 2. The Bertz CT molecular complexity index is 1310. The number of carbonyl (C=O) groups excluding carboxylic acids is 1. The Balaban J connectivity index is 1.41. The molecule has 10 nitrogen and oxygen atoms in total. The van der Waals surface area contributed by atoms with Gasteiger partial charge in [0, 0.05) is 30.2 Å². The van der Waals surface area contributed by atoms with Gasteiger partial charge in [0.1, 0.15) is 11.9 Å². The minimum atomic E-state index is -1.05. The normalized spacial score (nSPS) is 29.4. The maximum absolute atomic E-state index is 14.7. The second-order valence-corrected chi connectivity index (χ2v) is 13.0. The maximum atomic E-state index is 14.7. The van der Waals surface area contributed by atoms with Crippen LogP contribution in [0.15, 0.2) is 36.5 Å². The molecular formula is C31H42FN5O5. The second-order valence-electron chi connectivity index (χ2n) is 13.0. The van der Waals surface area contributed by atoms with Gasteiger partial charge in [0.25, 0.3) is 5.91 Å². The van der Waals surface area contributed by atoms with Crippen molar-refractivity contribution in [2.24, 2.45) is 0 Å². The number of hydroxylamine groups is 3. The van der Waals surface area contributed by atoms with E-state index in [0.29, 0.717) is 38.4 Å². The highest BCUT2D eigenvalue weighted by Crippen LogP contribution is 2.40. The number of carbonyl (C=O) groups is 2. The van der Waals surface area contributed by atoms with Crippen LogP contribution in [0.4, 0.5) is 14.9 Å². The molecule has 42 heavy (non-hydrogen) atoms. The molecule has 0 spiro atoms. The minimum absolute atomic E-state index is 0.00273. The van der Waals surface area contributed by atoms with Crippen molar-refractivity contribution < 1.29 is 28.5 Å². The van der Waals surface area contributed by atoms with E-state index in [0.717, 1.165) is 16.8 Å². The van der Waals surface area contributed by atoms with E-state index in [-0.39, 0.29) is 43.4 Å². The van der Waals surface area contributed by atoms with Crippen molar-refractivity contribution in [2.75, 3.05) is 50.8 Å². The van der Waals surface area contributed by atoms with Gasteiger partial charge in [-0.05, 0) is 56.5 Å². The van der Waals surface area contributed by atoms with Crippen molar-refractivity contribution in [1.29, 1.82) is 0 Å². The summed E-state index contributed by atoms with van der Waals surface area (Å²) in [4.78, 5) is 36.0. The molecule has 2 saturated heterocycles. The molecule has 1 aromatic heterocycles. The van der Waals surface area contributed by atoms with Crippen LogP contribution in [0.2, 0.25) is 0 Å². The maximum Gasteiger partial charge on any atom is 0.407 e. The van der Waals surface area contributed by atoms with Crippen molar-refractivity contribution >= 4 is 17.7 Å². The number of benzene rings is 1. The van der Waals surface area contributed by atoms with Crippen molar-refractivity contribution in [3.8, 4) is 0 Å². The second kappa shape index (κ2) is 11.5. The molecule has 2 fully saturated rings. The van der Waals surface area contributed by atoms with Gasteiger partial charge in [0.15, 0.2) is 6.54 Å². The Morgan fingerprint density at radius 3 is 2.43 bits per heavy atom. The molecule has 11 heteroatoms. The van der Waals surface area contributed by atoms with Crippen LogP contribution in [0.5, 0.6) is 0 Å². The van der Waals surface area contributed by atoms with Crippen LogP contribution in [-0.2, 0) is 21.4 Å². The predicted molar refractivity (Wildman–Crippen MR) is 157 cm³/mol. The Morgan fingerprint density at radius 1 is 1.12 bits per heavy atom. The summed E-state index contributed by atoms with van der Waals surface area (Å²) < 4.78 is 18.3. The number of aromatic nitrogens is 1. The number of piperazine rings is 1. The van der Waals surface area contributed by atoms with Gasteiger partial charge in [0.2, 0.25) is 0 Å². The van der Waals surface area contributed by atoms with Crippen LogP contribution in [0.1, 0.15) is 51.4 Å². The number of nitrogens with zero attached hydrogens (tertiary/aromatic N) is 5.